The van der Waals surface area contributed by atoms with Crippen LogP contribution in [0.1, 0.15) is 73.6 Å². The minimum absolute atomic E-state index is 0.408. The normalized spacial score (nSPS) is 15.8. The van der Waals surface area contributed by atoms with Crippen molar-refractivity contribution in [2.24, 2.45) is 16.8 Å². The zero-order chi connectivity index (χ0) is 17.1. The van der Waals surface area contributed by atoms with Gasteiger partial charge in [0.05, 0.1) is 0 Å². The fourth-order valence-electron chi connectivity index (χ4n) is 2.72. The van der Waals surface area contributed by atoms with Crippen LogP contribution in [0.3, 0.4) is 0 Å². The van der Waals surface area contributed by atoms with E-state index in [-0.39, 0.29) is 0 Å². The molecule has 0 aliphatic heterocycles. The highest BCUT2D eigenvalue weighted by Gasteiger charge is 2.14. The molecule has 0 aromatic carbocycles. The largest absolute Gasteiger partial charge is 0.225 e. The molecule has 1 nitrogen and oxygen atoms in total. The molecule has 0 amide bonds. The highest BCUT2D eigenvalue weighted by Crippen LogP contribution is 2.25. The van der Waals surface area contributed by atoms with Crippen LogP contribution in [0.5, 0.6) is 0 Å². The van der Waals surface area contributed by atoms with E-state index in [2.05, 4.69) is 46.2 Å². The smallest absolute Gasteiger partial charge is 0.213 e. The minimum atomic E-state index is -0.471. The van der Waals surface area contributed by atoms with Gasteiger partial charge in [-0.15, -0.1) is 0 Å². The van der Waals surface area contributed by atoms with Gasteiger partial charge < -0.3 is 0 Å². The Morgan fingerprint density at radius 3 is 2.32 bits per heavy atom. The number of allylic oxidation sites excluding steroid dienone is 4. The number of halogens is 1. The fraction of sp³-hybridized carbons (Fsp3) is 0.650. The summed E-state index contributed by atoms with van der Waals surface area (Å²) in [6, 6.07) is 0. The van der Waals surface area contributed by atoms with Gasteiger partial charge in [-0.25, -0.2) is 4.99 Å². The van der Waals surface area contributed by atoms with E-state index in [1.807, 2.05) is 6.92 Å². The highest BCUT2D eigenvalue weighted by molar-refractivity contribution is 5.99. The molecule has 22 heavy (non-hydrogen) atoms. The topological polar surface area (TPSA) is 12.4 Å². The molecule has 0 rings (SSSR count). The molecule has 1 atom stereocenters. The van der Waals surface area contributed by atoms with Crippen LogP contribution in [-0.4, -0.2) is 5.71 Å². The van der Waals surface area contributed by atoms with Gasteiger partial charge in [-0.1, -0.05) is 58.8 Å². The number of unbranched alkanes of at least 4 members (excludes halogenated alkanes) is 1. The predicted octanol–water partition coefficient (Wildman–Crippen LogP) is 7.02. The molecule has 1 unspecified atom stereocenters. The number of rotatable bonds is 10. The number of nitrogens with zero attached hydrogens (tertiary/aromatic N) is 1. The van der Waals surface area contributed by atoms with Crippen molar-refractivity contribution in [1.82, 2.24) is 0 Å². The summed E-state index contributed by atoms with van der Waals surface area (Å²) < 4.78 is 13.6. The summed E-state index contributed by atoms with van der Waals surface area (Å²) in [6.07, 6.45) is 8.57. The van der Waals surface area contributed by atoms with Gasteiger partial charge in [0.1, 0.15) is 0 Å². The lowest BCUT2D eigenvalue weighted by atomic mass is 9.88. The molecule has 0 spiro atoms. The van der Waals surface area contributed by atoms with Crippen LogP contribution in [0.2, 0.25) is 0 Å². The maximum atomic E-state index is 13.6. The van der Waals surface area contributed by atoms with Gasteiger partial charge in [-0.3, -0.25) is 0 Å². The van der Waals surface area contributed by atoms with Gasteiger partial charge in [-0.2, -0.15) is 4.39 Å². The van der Waals surface area contributed by atoms with E-state index in [1.54, 1.807) is 0 Å². The first-order valence-corrected chi connectivity index (χ1v) is 8.56. The third-order valence-electron chi connectivity index (χ3n) is 4.07. The number of aliphatic imine (C=N–C) groups is 1. The molecule has 0 aliphatic rings. The van der Waals surface area contributed by atoms with Gasteiger partial charge in [-0.05, 0) is 56.6 Å². The van der Waals surface area contributed by atoms with E-state index in [1.165, 1.54) is 42.6 Å². The SMILES string of the molecule is C=C\C=C(F)/N=C(C)\C(=C(/C)CCCCC(C)C)C(C)CC. The van der Waals surface area contributed by atoms with E-state index < -0.39 is 5.95 Å². The number of hydrogen-bond acceptors (Lipinski definition) is 1. The Labute approximate surface area is 137 Å². The lowest BCUT2D eigenvalue weighted by Gasteiger charge is -2.18. The average molecular weight is 307 g/mol. The Bertz CT molecular complexity index is 427. The minimum Gasteiger partial charge on any atom is -0.225 e. The zero-order valence-corrected chi connectivity index (χ0v) is 15.4. The third-order valence-corrected chi connectivity index (χ3v) is 4.07. The molecule has 0 radical (unpaired) electrons. The lowest BCUT2D eigenvalue weighted by molar-refractivity contribution is 0.535. The molecule has 2 heteroatoms. The summed E-state index contributed by atoms with van der Waals surface area (Å²) in [5.74, 6) is 0.700. The first-order chi connectivity index (χ1) is 10.3. The van der Waals surface area contributed by atoms with Crippen LogP contribution < -0.4 is 0 Å². The van der Waals surface area contributed by atoms with Crippen molar-refractivity contribution in [2.45, 2.75) is 73.6 Å². The van der Waals surface area contributed by atoms with Crippen LogP contribution in [-0.2, 0) is 0 Å². The van der Waals surface area contributed by atoms with Crippen LogP contribution >= 0.6 is 0 Å². The molecule has 0 aromatic rings. The Hall–Kier alpha value is -1.18. The summed E-state index contributed by atoms with van der Waals surface area (Å²) in [5, 5.41) is 0. The second kappa shape index (κ2) is 11.4. The van der Waals surface area contributed by atoms with Crippen molar-refractivity contribution in [1.29, 1.82) is 0 Å². The van der Waals surface area contributed by atoms with Gasteiger partial charge >= 0.3 is 0 Å². The molecular formula is C20H34FN. The first kappa shape index (κ1) is 20.8. The van der Waals surface area contributed by atoms with Gasteiger partial charge in [0.15, 0.2) is 0 Å². The maximum Gasteiger partial charge on any atom is 0.213 e. The Morgan fingerprint density at radius 2 is 1.82 bits per heavy atom. The molecule has 0 saturated carbocycles. The summed E-state index contributed by atoms with van der Waals surface area (Å²) in [7, 11) is 0. The molecule has 0 saturated heterocycles. The van der Waals surface area contributed by atoms with Gasteiger partial charge in [0.2, 0.25) is 5.95 Å². The van der Waals surface area contributed by atoms with E-state index >= 15 is 0 Å². The summed E-state index contributed by atoms with van der Waals surface area (Å²) in [4.78, 5) is 4.10. The van der Waals surface area contributed by atoms with Crippen molar-refractivity contribution in [3.63, 3.8) is 0 Å². The molecule has 0 aromatic heterocycles. The molecule has 0 heterocycles. The summed E-state index contributed by atoms with van der Waals surface area (Å²) in [6.45, 7) is 16.5. The fourth-order valence-corrected chi connectivity index (χ4v) is 2.72. The quantitative estimate of drug-likeness (QED) is 0.178. The third kappa shape index (κ3) is 8.31. The van der Waals surface area contributed by atoms with Crippen LogP contribution in [0.25, 0.3) is 0 Å². The van der Waals surface area contributed by atoms with Crippen LogP contribution in [0, 0.1) is 11.8 Å². The van der Waals surface area contributed by atoms with E-state index in [4.69, 9.17) is 0 Å². The van der Waals surface area contributed by atoms with Crippen molar-refractivity contribution in [3.8, 4) is 0 Å². The van der Waals surface area contributed by atoms with Crippen molar-refractivity contribution < 1.29 is 4.39 Å². The number of hydrogen-bond donors (Lipinski definition) is 0. The second-order valence-corrected chi connectivity index (χ2v) is 6.57. The van der Waals surface area contributed by atoms with E-state index in [0.717, 1.165) is 24.5 Å². The van der Waals surface area contributed by atoms with Gasteiger partial charge in [0, 0.05) is 5.71 Å². The first-order valence-electron chi connectivity index (χ1n) is 8.56. The molecule has 0 N–H and O–H groups in total. The predicted molar refractivity (Wildman–Crippen MR) is 98.0 cm³/mol. The van der Waals surface area contributed by atoms with Crippen molar-refractivity contribution >= 4 is 5.71 Å². The second-order valence-electron chi connectivity index (χ2n) is 6.57. The van der Waals surface area contributed by atoms with Crippen molar-refractivity contribution in [3.05, 3.63) is 35.8 Å². The summed E-state index contributed by atoms with van der Waals surface area (Å²) in [5.41, 5.74) is 3.37. The molecule has 126 valence electrons. The average Bonchev–Trinajstić information content (AvgIpc) is 2.43. The summed E-state index contributed by atoms with van der Waals surface area (Å²) >= 11 is 0. The molecular weight excluding hydrogens is 273 g/mol. The molecule has 0 fully saturated rings. The Kier molecular flexibility index (Phi) is 10.8. The zero-order valence-electron chi connectivity index (χ0n) is 15.4. The molecule has 0 aliphatic carbocycles. The van der Waals surface area contributed by atoms with Crippen LogP contribution in [0.15, 0.2) is 40.8 Å². The van der Waals surface area contributed by atoms with E-state index in [9.17, 15) is 4.39 Å². The lowest BCUT2D eigenvalue weighted by Crippen LogP contribution is -2.10. The van der Waals surface area contributed by atoms with Crippen molar-refractivity contribution in [2.75, 3.05) is 0 Å². The standard InChI is InChI=1S/C20H34FN/c1-8-12-19(21)22-18(7)20(16(5)9-2)17(6)14-11-10-13-15(3)4/h8,12,15-16H,1,9-11,13-14H2,2-7H3/b19-12-,20-17+,22-18-. The van der Waals surface area contributed by atoms with Gasteiger partial charge in [0.25, 0.3) is 0 Å². The monoisotopic (exact) mass is 307 g/mol. The maximum absolute atomic E-state index is 13.6. The Balaban J connectivity index is 5.12. The Morgan fingerprint density at radius 1 is 1.18 bits per heavy atom. The molecule has 0 bridgehead atoms. The highest BCUT2D eigenvalue weighted by atomic mass is 19.1. The van der Waals surface area contributed by atoms with E-state index in [0.29, 0.717) is 5.92 Å². The van der Waals surface area contributed by atoms with Crippen LogP contribution in [0.4, 0.5) is 4.39 Å².